The summed E-state index contributed by atoms with van der Waals surface area (Å²) in [5.74, 6) is 2.07. The molecule has 1 aromatic carbocycles. The van der Waals surface area contributed by atoms with Crippen molar-refractivity contribution in [3.05, 3.63) is 52.1 Å². The van der Waals surface area contributed by atoms with Crippen LogP contribution in [0, 0.1) is 0 Å². The highest BCUT2D eigenvalue weighted by Crippen LogP contribution is 2.31. The number of aromatic nitrogens is 1. The lowest BCUT2D eigenvalue weighted by Crippen LogP contribution is -2.25. The molecule has 2 aromatic rings. The highest BCUT2D eigenvalue weighted by Gasteiger charge is 2.13. The quantitative estimate of drug-likeness (QED) is 0.938. The predicted octanol–water partition coefficient (Wildman–Crippen LogP) is 3.79. The summed E-state index contributed by atoms with van der Waals surface area (Å²) in [7, 11) is 0. The normalized spacial score (nSPS) is 13.2. The van der Waals surface area contributed by atoms with Crippen LogP contribution >= 0.6 is 23.2 Å². The van der Waals surface area contributed by atoms with Gasteiger partial charge in [-0.25, -0.2) is 4.98 Å². The second-order valence-corrected chi connectivity index (χ2v) is 5.02. The van der Waals surface area contributed by atoms with Gasteiger partial charge in [0, 0.05) is 11.8 Å². The Kier molecular flexibility index (Phi) is 3.76. The number of hydrogen-bond acceptors (Lipinski definition) is 4. The molecule has 1 aliphatic heterocycles. The maximum atomic E-state index is 6.06. The summed E-state index contributed by atoms with van der Waals surface area (Å²) in [6, 6.07) is 9.15. The minimum Gasteiger partial charge on any atom is -0.484 e. The van der Waals surface area contributed by atoms with Crippen LogP contribution in [0.2, 0.25) is 10.0 Å². The van der Waals surface area contributed by atoms with E-state index in [-0.39, 0.29) is 6.61 Å². The maximum Gasteiger partial charge on any atom is 0.146 e. The lowest BCUT2D eigenvalue weighted by atomic mass is 10.2. The van der Waals surface area contributed by atoms with Gasteiger partial charge in [-0.2, -0.15) is 0 Å². The zero-order valence-electron chi connectivity index (χ0n) is 10.4. The number of amidine groups is 1. The summed E-state index contributed by atoms with van der Waals surface area (Å²) in [4.78, 5) is 8.66. The Labute approximate surface area is 126 Å². The Balaban J connectivity index is 1.68. The Hall–Kier alpha value is -1.78. The van der Waals surface area contributed by atoms with Crippen molar-refractivity contribution >= 4 is 34.9 Å². The Bertz CT molecular complexity index is 673. The van der Waals surface area contributed by atoms with Crippen LogP contribution in [0.5, 0.6) is 5.75 Å². The van der Waals surface area contributed by atoms with Gasteiger partial charge in [-0.1, -0.05) is 35.3 Å². The van der Waals surface area contributed by atoms with Gasteiger partial charge in [0.25, 0.3) is 0 Å². The topological polar surface area (TPSA) is 46.5 Å². The van der Waals surface area contributed by atoms with E-state index in [1.807, 2.05) is 12.1 Å². The molecule has 0 bridgehead atoms. The van der Waals surface area contributed by atoms with Crippen molar-refractivity contribution in [3.63, 3.8) is 0 Å². The molecule has 3 rings (SSSR count). The van der Waals surface area contributed by atoms with Crippen molar-refractivity contribution in [3.8, 4) is 5.75 Å². The van der Waals surface area contributed by atoms with Crippen LogP contribution in [0.3, 0.4) is 0 Å². The summed E-state index contributed by atoms with van der Waals surface area (Å²) in [6.07, 6.45) is 1.74. The summed E-state index contributed by atoms with van der Waals surface area (Å²) in [6.45, 7) is 0.883. The monoisotopic (exact) mass is 307 g/mol. The van der Waals surface area contributed by atoms with Crippen molar-refractivity contribution in [2.45, 2.75) is 6.54 Å². The van der Waals surface area contributed by atoms with E-state index in [0.29, 0.717) is 28.2 Å². The van der Waals surface area contributed by atoms with E-state index < -0.39 is 0 Å². The van der Waals surface area contributed by atoms with Gasteiger partial charge in [0.2, 0.25) is 0 Å². The average Bonchev–Trinajstić information content (AvgIpc) is 2.48. The third kappa shape index (κ3) is 2.71. The highest BCUT2D eigenvalue weighted by molar-refractivity contribution is 6.42. The van der Waals surface area contributed by atoms with Gasteiger partial charge in [-0.3, -0.25) is 4.99 Å². The minimum absolute atomic E-state index is 0.288. The number of ether oxygens (including phenoxy) is 1. The zero-order valence-corrected chi connectivity index (χ0v) is 11.9. The van der Waals surface area contributed by atoms with Crippen molar-refractivity contribution in [2.24, 2.45) is 4.99 Å². The van der Waals surface area contributed by atoms with E-state index in [9.17, 15) is 0 Å². The van der Waals surface area contributed by atoms with Gasteiger partial charge in [0.1, 0.15) is 29.0 Å². The molecule has 0 spiro atoms. The van der Waals surface area contributed by atoms with E-state index in [4.69, 9.17) is 27.9 Å². The summed E-state index contributed by atoms with van der Waals surface area (Å²) in [5, 5.41) is 4.01. The van der Waals surface area contributed by atoms with Gasteiger partial charge >= 0.3 is 0 Å². The fraction of sp³-hybridized carbons (Fsp3) is 0.143. The molecule has 1 aliphatic rings. The molecular formula is C14H11Cl2N3O. The molecule has 0 radical (unpaired) electrons. The predicted molar refractivity (Wildman–Crippen MR) is 81.0 cm³/mol. The van der Waals surface area contributed by atoms with E-state index in [0.717, 1.165) is 11.4 Å². The lowest BCUT2D eigenvalue weighted by molar-refractivity contribution is 0.376. The Morgan fingerprint density at radius 1 is 1.20 bits per heavy atom. The fourth-order valence-electron chi connectivity index (χ4n) is 1.86. The van der Waals surface area contributed by atoms with Crippen molar-refractivity contribution in [1.82, 2.24) is 4.98 Å². The summed E-state index contributed by atoms with van der Waals surface area (Å²) >= 11 is 12.0. The summed E-state index contributed by atoms with van der Waals surface area (Å²) < 4.78 is 5.63. The van der Waals surface area contributed by atoms with Gasteiger partial charge in [0.15, 0.2) is 0 Å². The van der Waals surface area contributed by atoms with E-state index in [2.05, 4.69) is 15.3 Å². The number of benzene rings is 1. The van der Waals surface area contributed by atoms with Gasteiger partial charge < -0.3 is 10.1 Å². The molecule has 6 heteroatoms. The van der Waals surface area contributed by atoms with Crippen LogP contribution < -0.4 is 10.1 Å². The number of nitrogens with one attached hydrogen (secondary N) is 1. The molecular weight excluding hydrogens is 297 g/mol. The lowest BCUT2D eigenvalue weighted by Gasteiger charge is -2.17. The third-order valence-corrected chi connectivity index (χ3v) is 3.68. The largest absolute Gasteiger partial charge is 0.484 e. The number of hydrogen-bond donors (Lipinski definition) is 1. The van der Waals surface area contributed by atoms with E-state index in [1.165, 1.54) is 0 Å². The highest BCUT2D eigenvalue weighted by atomic mass is 35.5. The molecule has 0 saturated heterocycles. The molecule has 0 unspecified atom stereocenters. The van der Waals surface area contributed by atoms with E-state index >= 15 is 0 Å². The number of nitrogens with zero attached hydrogens (tertiary/aromatic N) is 2. The van der Waals surface area contributed by atoms with Gasteiger partial charge in [-0.05, 0) is 18.2 Å². The molecule has 0 aliphatic carbocycles. The van der Waals surface area contributed by atoms with Crippen LogP contribution in [0.25, 0.3) is 0 Å². The first-order chi connectivity index (χ1) is 9.74. The third-order valence-electron chi connectivity index (χ3n) is 2.87. The van der Waals surface area contributed by atoms with Crippen LogP contribution in [0.4, 0.5) is 5.82 Å². The molecule has 2 heterocycles. The summed E-state index contributed by atoms with van der Waals surface area (Å²) in [5.41, 5.74) is 1.07. The zero-order chi connectivity index (χ0) is 13.9. The maximum absolute atomic E-state index is 6.06. The number of rotatable bonds is 3. The SMILES string of the molecule is Clc1cccc(OCC2=NCc3cccnc3N2)c1Cl. The second kappa shape index (κ2) is 5.69. The standard InChI is InChI=1S/C14H11Cl2N3O/c15-10-4-1-5-11(13(10)16)20-8-12-18-7-9-3-2-6-17-14(9)19-12/h1-6H,7-8H2,(H,17,18,19). The van der Waals surface area contributed by atoms with E-state index in [1.54, 1.807) is 24.4 Å². The van der Waals surface area contributed by atoms with Crippen molar-refractivity contribution in [1.29, 1.82) is 0 Å². The fourth-order valence-corrected chi connectivity index (χ4v) is 2.21. The first kappa shape index (κ1) is 13.2. The molecule has 102 valence electrons. The molecule has 1 aromatic heterocycles. The molecule has 4 nitrogen and oxygen atoms in total. The molecule has 0 amide bonds. The minimum atomic E-state index is 0.288. The Morgan fingerprint density at radius 3 is 3.00 bits per heavy atom. The van der Waals surface area contributed by atoms with Crippen LogP contribution in [-0.4, -0.2) is 17.4 Å². The number of fused-ring (bicyclic) bond motifs is 1. The Morgan fingerprint density at radius 2 is 2.10 bits per heavy atom. The number of halogens is 2. The molecule has 0 atom stereocenters. The van der Waals surface area contributed by atoms with Gasteiger partial charge in [-0.15, -0.1) is 0 Å². The molecule has 1 N–H and O–H groups in total. The van der Waals surface area contributed by atoms with Crippen molar-refractivity contribution in [2.75, 3.05) is 11.9 Å². The average molecular weight is 308 g/mol. The number of pyridine rings is 1. The van der Waals surface area contributed by atoms with Crippen LogP contribution in [0.15, 0.2) is 41.5 Å². The molecule has 20 heavy (non-hydrogen) atoms. The second-order valence-electron chi connectivity index (χ2n) is 4.24. The first-order valence-electron chi connectivity index (χ1n) is 6.05. The number of anilines is 1. The van der Waals surface area contributed by atoms with Crippen LogP contribution in [0.1, 0.15) is 5.56 Å². The van der Waals surface area contributed by atoms with Crippen LogP contribution in [-0.2, 0) is 6.54 Å². The molecule has 0 saturated carbocycles. The smallest absolute Gasteiger partial charge is 0.146 e. The molecule has 0 fully saturated rings. The van der Waals surface area contributed by atoms with Crippen molar-refractivity contribution < 1.29 is 4.74 Å². The first-order valence-corrected chi connectivity index (χ1v) is 6.80. The number of aliphatic imine (C=N–C) groups is 1. The van der Waals surface area contributed by atoms with Gasteiger partial charge in [0.05, 0.1) is 11.6 Å².